The largest absolute Gasteiger partial charge is 0.432 e. The molecule has 0 saturated carbocycles. The highest BCUT2D eigenvalue weighted by Gasteiger charge is 2.25. The molecule has 1 amide bonds. The number of oxazole rings is 1. The molecule has 4 aromatic rings. The van der Waals surface area contributed by atoms with Crippen molar-refractivity contribution in [3.63, 3.8) is 0 Å². The van der Waals surface area contributed by atoms with Crippen LogP contribution >= 0.6 is 23.2 Å². The Labute approximate surface area is 183 Å². The van der Waals surface area contributed by atoms with E-state index in [0.717, 1.165) is 11.1 Å². The van der Waals surface area contributed by atoms with E-state index in [4.69, 9.17) is 33.4 Å². The van der Waals surface area contributed by atoms with Crippen molar-refractivity contribution in [2.45, 2.75) is 18.5 Å². The first-order valence-corrected chi connectivity index (χ1v) is 10.2. The molecule has 2 atom stereocenters. The Morgan fingerprint density at radius 3 is 2.27 bits per heavy atom. The summed E-state index contributed by atoms with van der Waals surface area (Å²) < 4.78 is 5.55. The summed E-state index contributed by atoms with van der Waals surface area (Å²) in [5.41, 5.74) is 9.61. The summed E-state index contributed by atoms with van der Waals surface area (Å²) in [5.74, 6) is -0.682. The molecule has 5 nitrogen and oxygen atoms in total. The predicted molar refractivity (Wildman–Crippen MR) is 119 cm³/mol. The average molecular weight is 440 g/mol. The highest BCUT2D eigenvalue weighted by Crippen LogP contribution is 2.25. The summed E-state index contributed by atoms with van der Waals surface area (Å²) in [6.07, 6.45) is -0.0715. The summed E-state index contributed by atoms with van der Waals surface area (Å²) in [4.78, 5) is 17.0. The van der Waals surface area contributed by atoms with Gasteiger partial charge < -0.3 is 15.5 Å². The first-order valence-electron chi connectivity index (χ1n) is 9.41. The Bertz CT molecular complexity index is 1120. The third-order valence-electron chi connectivity index (χ3n) is 4.89. The van der Waals surface area contributed by atoms with E-state index in [1.54, 1.807) is 24.3 Å². The molecule has 1 unspecified atom stereocenters. The van der Waals surface area contributed by atoms with Crippen LogP contribution in [0.25, 0.3) is 11.1 Å². The van der Waals surface area contributed by atoms with Gasteiger partial charge in [-0.1, -0.05) is 59.6 Å². The van der Waals surface area contributed by atoms with E-state index in [-0.39, 0.29) is 11.8 Å². The van der Waals surface area contributed by atoms with Crippen molar-refractivity contribution in [2.75, 3.05) is 0 Å². The first-order chi connectivity index (χ1) is 14.5. The van der Waals surface area contributed by atoms with Gasteiger partial charge in [-0.05, 0) is 53.9 Å². The van der Waals surface area contributed by atoms with Crippen LogP contribution in [0.5, 0.6) is 0 Å². The molecule has 0 aliphatic carbocycles. The first kappa shape index (κ1) is 20.4. The maximum atomic E-state index is 12.7. The van der Waals surface area contributed by atoms with Gasteiger partial charge in [0.1, 0.15) is 5.52 Å². The second kappa shape index (κ2) is 8.88. The van der Waals surface area contributed by atoms with Gasteiger partial charge in [0.05, 0.1) is 6.17 Å². The lowest BCUT2D eigenvalue weighted by molar-refractivity contribution is 0.0899. The molecule has 30 heavy (non-hydrogen) atoms. The predicted octanol–water partition coefficient (Wildman–Crippen LogP) is 5.18. The fourth-order valence-electron chi connectivity index (χ4n) is 3.32. The van der Waals surface area contributed by atoms with E-state index >= 15 is 0 Å². The molecule has 0 spiro atoms. The number of carbonyl (C=O) groups excluding carboxylic acids is 1. The van der Waals surface area contributed by atoms with Crippen LogP contribution in [0.1, 0.15) is 27.7 Å². The molecule has 3 N–H and O–H groups in total. The molecule has 152 valence electrons. The SMILES string of the molecule is NC(NC(=O)c1nc2ccccc2o1)[C@H](Cc1ccc(Cl)cc1)c1ccc(Cl)cc1. The van der Waals surface area contributed by atoms with Gasteiger partial charge >= 0.3 is 5.91 Å². The summed E-state index contributed by atoms with van der Waals surface area (Å²) in [7, 11) is 0. The lowest BCUT2D eigenvalue weighted by atomic mass is 9.89. The van der Waals surface area contributed by atoms with Gasteiger partial charge in [0.15, 0.2) is 5.58 Å². The molecule has 0 aliphatic heterocycles. The van der Waals surface area contributed by atoms with Crippen molar-refractivity contribution in [1.82, 2.24) is 10.3 Å². The Morgan fingerprint density at radius 2 is 1.60 bits per heavy atom. The van der Waals surface area contributed by atoms with Crippen LogP contribution in [0.15, 0.2) is 77.2 Å². The van der Waals surface area contributed by atoms with E-state index < -0.39 is 12.1 Å². The highest BCUT2D eigenvalue weighted by molar-refractivity contribution is 6.30. The Kier molecular flexibility index (Phi) is 6.04. The van der Waals surface area contributed by atoms with Crippen LogP contribution in [0.3, 0.4) is 0 Å². The third-order valence-corrected chi connectivity index (χ3v) is 5.39. The number of nitrogens with two attached hydrogens (primary N) is 1. The fraction of sp³-hybridized carbons (Fsp3) is 0.130. The van der Waals surface area contributed by atoms with Gasteiger partial charge in [0.2, 0.25) is 0 Å². The molecule has 0 saturated heterocycles. The van der Waals surface area contributed by atoms with Gasteiger partial charge in [0, 0.05) is 16.0 Å². The van der Waals surface area contributed by atoms with Gasteiger partial charge in [0.25, 0.3) is 5.89 Å². The Balaban J connectivity index is 1.57. The zero-order valence-corrected chi connectivity index (χ0v) is 17.4. The van der Waals surface area contributed by atoms with Gasteiger partial charge in [-0.15, -0.1) is 0 Å². The minimum Gasteiger partial charge on any atom is -0.432 e. The molecule has 0 radical (unpaired) electrons. The summed E-state index contributed by atoms with van der Waals surface area (Å²) in [5, 5.41) is 4.12. The molecule has 0 aliphatic rings. The number of amides is 1. The molecule has 1 aromatic heterocycles. The average Bonchev–Trinajstić information content (AvgIpc) is 3.18. The summed E-state index contributed by atoms with van der Waals surface area (Å²) in [6, 6.07) is 22.2. The zero-order valence-electron chi connectivity index (χ0n) is 15.9. The highest BCUT2D eigenvalue weighted by atomic mass is 35.5. The standard InChI is InChI=1S/C23H19Cl2N3O2/c24-16-9-5-14(6-10-16)13-18(15-7-11-17(25)12-8-15)21(26)28-22(29)23-27-19-3-1-2-4-20(19)30-23/h1-12,18,21H,13,26H2,(H,28,29)/t18-,21?/m1/s1. The number of rotatable bonds is 6. The van der Waals surface area contributed by atoms with Gasteiger partial charge in [-0.3, -0.25) is 4.79 Å². The lowest BCUT2D eigenvalue weighted by Crippen LogP contribution is -2.46. The van der Waals surface area contributed by atoms with Crippen LogP contribution in [0, 0.1) is 0 Å². The molecular weight excluding hydrogens is 421 g/mol. The number of para-hydroxylation sites is 2. The quantitative estimate of drug-likeness (QED) is 0.405. The van der Waals surface area contributed by atoms with Crippen molar-refractivity contribution in [3.05, 3.63) is 99.9 Å². The van der Waals surface area contributed by atoms with Crippen LogP contribution in [-0.2, 0) is 6.42 Å². The van der Waals surface area contributed by atoms with Crippen LogP contribution in [0.4, 0.5) is 0 Å². The number of nitrogens with zero attached hydrogens (tertiary/aromatic N) is 1. The van der Waals surface area contributed by atoms with Crippen molar-refractivity contribution in [1.29, 1.82) is 0 Å². The maximum absolute atomic E-state index is 12.7. The molecular formula is C23H19Cl2N3O2. The van der Waals surface area contributed by atoms with Crippen molar-refractivity contribution < 1.29 is 9.21 Å². The second-order valence-electron chi connectivity index (χ2n) is 6.97. The van der Waals surface area contributed by atoms with Crippen LogP contribution in [-0.4, -0.2) is 17.1 Å². The number of carbonyl (C=O) groups is 1. The Hall–Kier alpha value is -2.86. The third kappa shape index (κ3) is 4.65. The molecule has 1 heterocycles. The smallest absolute Gasteiger partial charge is 0.308 e. The monoisotopic (exact) mass is 439 g/mol. The number of halogens is 2. The topological polar surface area (TPSA) is 81.1 Å². The zero-order chi connectivity index (χ0) is 21.1. The van der Waals surface area contributed by atoms with E-state index in [0.29, 0.717) is 27.6 Å². The van der Waals surface area contributed by atoms with E-state index in [1.807, 2.05) is 48.5 Å². The van der Waals surface area contributed by atoms with E-state index in [1.165, 1.54) is 0 Å². The number of fused-ring (bicyclic) bond motifs is 1. The second-order valence-corrected chi connectivity index (χ2v) is 7.85. The van der Waals surface area contributed by atoms with Crippen molar-refractivity contribution in [2.24, 2.45) is 5.73 Å². The van der Waals surface area contributed by atoms with E-state index in [2.05, 4.69) is 10.3 Å². The fourth-order valence-corrected chi connectivity index (χ4v) is 3.57. The maximum Gasteiger partial charge on any atom is 0.308 e. The Morgan fingerprint density at radius 1 is 0.967 bits per heavy atom. The number of benzene rings is 3. The minimum atomic E-state index is -0.677. The number of aromatic nitrogens is 1. The summed E-state index contributed by atoms with van der Waals surface area (Å²) >= 11 is 12.0. The molecule has 3 aromatic carbocycles. The molecule has 7 heteroatoms. The minimum absolute atomic E-state index is 0.0204. The van der Waals surface area contributed by atoms with E-state index in [9.17, 15) is 4.79 Å². The molecule has 4 rings (SSSR count). The van der Waals surface area contributed by atoms with Crippen LogP contribution < -0.4 is 11.1 Å². The number of hydrogen-bond donors (Lipinski definition) is 2. The lowest BCUT2D eigenvalue weighted by Gasteiger charge is -2.25. The number of hydrogen-bond acceptors (Lipinski definition) is 4. The molecule has 0 fully saturated rings. The van der Waals surface area contributed by atoms with Crippen molar-refractivity contribution >= 4 is 40.2 Å². The number of nitrogens with one attached hydrogen (secondary N) is 1. The van der Waals surface area contributed by atoms with Gasteiger partial charge in [-0.25, -0.2) is 4.98 Å². The van der Waals surface area contributed by atoms with Crippen LogP contribution in [0.2, 0.25) is 10.0 Å². The normalized spacial score (nSPS) is 13.2. The van der Waals surface area contributed by atoms with Crippen molar-refractivity contribution in [3.8, 4) is 0 Å². The molecule has 0 bridgehead atoms. The summed E-state index contributed by atoms with van der Waals surface area (Å²) in [6.45, 7) is 0. The van der Waals surface area contributed by atoms with Gasteiger partial charge in [-0.2, -0.15) is 0 Å².